The summed E-state index contributed by atoms with van der Waals surface area (Å²) in [5.74, 6) is 1.24. The smallest absolute Gasteiger partial charge is 0.410 e. The number of benzene rings is 3. The van der Waals surface area contributed by atoms with Gasteiger partial charge in [-0.2, -0.15) is 4.31 Å². The van der Waals surface area contributed by atoms with Gasteiger partial charge in [0, 0.05) is 44.3 Å². The normalized spacial score (nSPS) is 25.2. The van der Waals surface area contributed by atoms with Gasteiger partial charge in [0.2, 0.25) is 10.0 Å². The largest absolute Gasteiger partial charge is 0.445 e. The number of piperidine rings is 1. The summed E-state index contributed by atoms with van der Waals surface area (Å²) in [6, 6.07) is 29.9. The average Bonchev–Trinajstić information content (AvgIpc) is 3.55. The number of nitrogens with zero attached hydrogens (tertiary/aromatic N) is 3. The highest BCUT2D eigenvalue weighted by molar-refractivity contribution is 7.89. The fourth-order valence-electron chi connectivity index (χ4n) is 9.30. The van der Waals surface area contributed by atoms with Crippen molar-refractivity contribution in [3.63, 3.8) is 0 Å². The van der Waals surface area contributed by atoms with E-state index in [0.29, 0.717) is 23.3 Å². The zero-order valence-corrected chi connectivity index (χ0v) is 32.0. The highest BCUT2D eigenvalue weighted by Crippen LogP contribution is 2.47. The van der Waals surface area contributed by atoms with Gasteiger partial charge in [-0.15, -0.1) is 0 Å². The highest BCUT2D eigenvalue weighted by Gasteiger charge is 2.46. The van der Waals surface area contributed by atoms with Crippen molar-refractivity contribution in [2.75, 3.05) is 26.2 Å². The van der Waals surface area contributed by atoms with Crippen molar-refractivity contribution in [1.29, 1.82) is 0 Å². The third kappa shape index (κ3) is 9.06. The fourth-order valence-corrected chi connectivity index (χ4v) is 11.2. The quantitative estimate of drug-likeness (QED) is 0.199. The lowest BCUT2D eigenvalue weighted by Gasteiger charge is -2.42. The molecule has 6 rings (SSSR count). The first-order valence-electron chi connectivity index (χ1n) is 19.4. The Kier molecular flexibility index (Phi) is 12.3. The van der Waals surface area contributed by atoms with E-state index in [9.17, 15) is 13.2 Å². The first-order chi connectivity index (χ1) is 24.5. The van der Waals surface area contributed by atoms with Crippen LogP contribution in [-0.2, 0) is 21.4 Å². The van der Waals surface area contributed by atoms with Crippen LogP contribution in [0.2, 0.25) is 0 Å². The van der Waals surface area contributed by atoms with Gasteiger partial charge in [0.15, 0.2) is 0 Å². The summed E-state index contributed by atoms with van der Waals surface area (Å²) in [4.78, 5) is 18.0. The Labute approximate surface area is 307 Å². The number of ether oxygens (including phenoxy) is 1. The van der Waals surface area contributed by atoms with Crippen LogP contribution >= 0.6 is 0 Å². The van der Waals surface area contributed by atoms with Crippen LogP contribution in [0.3, 0.4) is 0 Å². The minimum Gasteiger partial charge on any atom is -0.445 e. The standard InChI is InChI=1S/C43H59N3O4S/c1-5-45(42(47)50-32-33-15-9-6-10-16-33)37-25-27-44(28-26-37)31-35-29-39(30-41(35)34-17-11-7-12-18-34)46(51(48,49)40-19-13-8-14-20-40)38-23-21-36(22-24-38)43(2,3)4/h6-20,35-39,41H,5,21-32H2,1-4H3/t35-,36?,38?,39?,41-/m1/s1. The van der Waals surface area contributed by atoms with Crippen LogP contribution in [0.5, 0.6) is 0 Å². The molecule has 3 aromatic carbocycles. The van der Waals surface area contributed by atoms with Crippen molar-refractivity contribution in [2.24, 2.45) is 17.3 Å². The number of amides is 1. The molecule has 2 aliphatic carbocycles. The van der Waals surface area contributed by atoms with E-state index in [1.807, 2.05) is 64.7 Å². The van der Waals surface area contributed by atoms with Gasteiger partial charge in [-0.05, 0) is 105 Å². The van der Waals surface area contributed by atoms with Gasteiger partial charge in [-0.1, -0.05) is 99.6 Å². The van der Waals surface area contributed by atoms with E-state index >= 15 is 0 Å². The molecule has 3 aliphatic rings. The second kappa shape index (κ2) is 16.6. The Morgan fingerprint density at radius 3 is 1.94 bits per heavy atom. The molecule has 51 heavy (non-hydrogen) atoms. The predicted molar refractivity (Wildman–Crippen MR) is 205 cm³/mol. The Hall–Kier alpha value is -3.20. The fraction of sp³-hybridized carbons (Fsp3) is 0.558. The van der Waals surface area contributed by atoms with Gasteiger partial charge in [0.25, 0.3) is 0 Å². The summed E-state index contributed by atoms with van der Waals surface area (Å²) >= 11 is 0. The van der Waals surface area contributed by atoms with Gasteiger partial charge in [-0.25, -0.2) is 13.2 Å². The van der Waals surface area contributed by atoms with Crippen LogP contribution in [-0.4, -0.2) is 72.9 Å². The third-order valence-electron chi connectivity index (χ3n) is 12.1. The Morgan fingerprint density at radius 1 is 0.765 bits per heavy atom. The summed E-state index contributed by atoms with van der Waals surface area (Å²) in [6.07, 6.45) is 7.25. The minimum absolute atomic E-state index is 0.0198. The lowest BCUT2D eigenvalue weighted by atomic mass is 9.71. The van der Waals surface area contributed by atoms with Gasteiger partial charge in [0.05, 0.1) is 4.90 Å². The summed E-state index contributed by atoms with van der Waals surface area (Å²) in [7, 11) is -3.68. The van der Waals surface area contributed by atoms with E-state index in [1.165, 1.54) is 5.56 Å². The van der Waals surface area contributed by atoms with E-state index in [2.05, 4.69) is 56.0 Å². The Bertz CT molecular complexity index is 1630. The van der Waals surface area contributed by atoms with Crippen LogP contribution in [0, 0.1) is 17.3 Å². The van der Waals surface area contributed by atoms with E-state index in [4.69, 9.17) is 4.74 Å². The van der Waals surface area contributed by atoms with Crippen LogP contribution < -0.4 is 0 Å². The van der Waals surface area contributed by atoms with Gasteiger partial charge in [0.1, 0.15) is 6.61 Å². The van der Waals surface area contributed by atoms with E-state index in [1.54, 1.807) is 12.1 Å². The van der Waals surface area contributed by atoms with Crippen molar-refractivity contribution < 1.29 is 17.9 Å². The van der Waals surface area contributed by atoms with Crippen LogP contribution in [0.15, 0.2) is 95.9 Å². The molecule has 1 amide bonds. The minimum atomic E-state index is -3.68. The Morgan fingerprint density at radius 2 is 1.35 bits per heavy atom. The Balaban J connectivity index is 1.16. The van der Waals surface area contributed by atoms with Crippen molar-refractivity contribution in [3.05, 3.63) is 102 Å². The lowest BCUT2D eigenvalue weighted by molar-refractivity contribution is 0.0599. The van der Waals surface area contributed by atoms with E-state index in [-0.39, 0.29) is 42.2 Å². The van der Waals surface area contributed by atoms with Crippen molar-refractivity contribution in [2.45, 2.75) is 115 Å². The first-order valence-corrected chi connectivity index (χ1v) is 20.8. The van der Waals surface area contributed by atoms with Crippen molar-refractivity contribution in [3.8, 4) is 0 Å². The van der Waals surface area contributed by atoms with Gasteiger partial charge < -0.3 is 14.5 Å². The molecule has 0 bridgehead atoms. The molecule has 0 spiro atoms. The number of hydrogen-bond acceptors (Lipinski definition) is 5. The topological polar surface area (TPSA) is 70.2 Å². The number of hydrogen-bond donors (Lipinski definition) is 0. The second-order valence-corrected chi connectivity index (χ2v) is 18.1. The number of rotatable bonds is 11. The molecule has 0 radical (unpaired) electrons. The molecular formula is C43H59N3O4S. The lowest BCUT2D eigenvalue weighted by Crippen LogP contribution is -2.49. The zero-order chi connectivity index (χ0) is 36.0. The third-order valence-corrected chi connectivity index (χ3v) is 14.1. The molecule has 2 saturated carbocycles. The molecule has 0 aromatic heterocycles. The van der Waals surface area contributed by atoms with E-state index < -0.39 is 10.0 Å². The monoisotopic (exact) mass is 713 g/mol. The number of carbonyl (C=O) groups excluding carboxylic acids is 1. The molecule has 8 heteroatoms. The first kappa shape index (κ1) is 37.6. The number of sulfonamides is 1. The van der Waals surface area contributed by atoms with Crippen LogP contribution in [0.1, 0.15) is 96.1 Å². The molecule has 1 saturated heterocycles. The summed E-state index contributed by atoms with van der Waals surface area (Å²) in [5.41, 5.74) is 2.54. The highest BCUT2D eigenvalue weighted by atomic mass is 32.2. The number of carbonyl (C=O) groups is 1. The van der Waals surface area contributed by atoms with Crippen LogP contribution in [0.25, 0.3) is 0 Å². The summed E-state index contributed by atoms with van der Waals surface area (Å²) < 4.78 is 36.9. The maximum absolute atomic E-state index is 14.6. The molecule has 3 fully saturated rings. The van der Waals surface area contributed by atoms with Gasteiger partial charge in [-0.3, -0.25) is 0 Å². The molecule has 276 valence electrons. The summed E-state index contributed by atoms with van der Waals surface area (Å²) in [6.45, 7) is 12.7. The predicted octanol–water partition coefficient (Wildman–Crippen LogP) is 8.97. The molecule has 3 aromatic rings. The maximum Gasteiger partial charge on any atom is 0.410 e. The van der Waals surface area contributed by atoms with Gasteiger partial charge >= 0.3 is 6.09 Å². The maximum atomic E-state index is 14.6. The SMILES string of the molecule is CCN(C(=O)OCc1ccccc1)C1CCN(C[C@H]2CC(N(C3CCC(C(C)(C)C)CC3)S(=O)(=O)c3ccccc3)C[C@@H]2c2ccccc2)CC1. The summed E-state index contributed by atoms with van der Waals surface area (Å²) in [5, 5.41) is 0. The van der Waals surface area contributed by atoms with E-state index in [0.717, 1.165) is 76.6 Å². The molecule has 1 unspecified atom stereocenters. The molecule has 3 atom stereocenters. The van der Waals surface area contributed by atoms with Crippen molar-refractivity contribution >= 4 is 16.1 Å². The molecule has 7 nitrogen and oxygen atoms in total. The molecule has 0 N–H and O–H groups in total. The second-order valence-electron chi connectivity index (χ2n) is 16.3. The zero-order valence-electron chi connectivity index (χ0n) is 31.2. The van der Waals surface area contributed by atoms with Crippen LogP contribution in [0.4, 0.5) is 4.79 Å². The molecule has 1 heterocycles. The van der Waals surface area contributed by atoms with Crippen molar-refractivity contribution in [1.82, 2.24) is 14.1 Å². The molecular weight excluding hydrogens is 655 g/mol. The average molecular weight is 714 g/mol. The molecule has 1 aliphatic heterocycles. The number of likely N-dealkylation sites (tertiary alicyclic amines) is 1.